The molecule has 0 bridgehead atoms. The standard InChI is InChI=1S/C28H36N4O8S2/c33-27(29-23-5-9-25(10-6-23)41(35,36)31-13-17-39-18-14-31)21-1-2-22(4-3-21)28(34)30-24-7-11-26(12-8-24)42(37,38)32-15-19-40-20-16-32/h5-12,21-22H,1-4,13-20H2,(H,29,33)(H,30,34). The molecule has 0 spiro atoms. The fourth-order valence-electron chi connectivity index (χ4n) is 5.40. The number of carbonyl (C=O) groups is 2. The van der Waals surface area contributed by atoms with E-state index in [1.165, 1.54) is 32.9 Å². The van der Waals surface area contributed by atoms with Crippen LogP contribution in [0.1, 0.15) is 25.7 Å². The predicted molar refractivity (Wildman–Crippen MR) is 155 cm³/mol. The zero-order chi connectivity index (χ0) is 29.7. The Morgan fingerprint density at radius 1 is 0.571 bits per heavy atom. The largest absolute Gasteiger partial charge is 0.379 e. The van der Waals surface area contributed by atoms with Crippen molar-refractivity contribution in [3.05, 3.63) is 48.5 Å². The molecule has 2 aromatic carbocycles. The minimum Gasteiger partial charge on any atom is -0.379 e. The van der Waals surface area contributed by atoms with Crippen molar-refractivity contribution < 1.29 is 35.9 Å². The van der Waals surface area contributed by atoms with Crippen LogP contribution in [0.5, 0.6) is 0 Å². The summed E-state index contributed by atoms with van der Waals surface area (Å²) >= 11 is 0. The molecule has 5 rings (SSSR count). The monoisotopic (exact) mass is 620 g/mol. The van der Waals surface area contributed by atoms with Crippen molar-refractivity contribution in [2.75, 3.05) is 63.2 Å². The van der Waals surface area contributed by atoms with Gasteiger partial charge in [-0.3, -0.25) is 9.59 Å². The fraction of sp³-hybridized carbons (Fsp3) is 0.500. The van der Waals surface area contributed by atoms with Gasteiger partial charge in [0.15, 0.2) is 0 Å². The topological polar surface area (TPSA) is 151 Å². The van der Waals surface area contributed by atoms with Crippen LogP contribution in [-0.4, -0.2) is 89.9 Å². The molecule has 0 aromatic heterocycles. The Morgan fingerprint density at radius 2 is 0.881 bits per heavy atom. The third-order valence-corrected chi connectivity index (χ3v) is 11.8. The molecule has 0 atom stereocenters. The summed E-state index contributed by atoms with van der Waals surface area (Å²) in [5.74, 6) is -0.824. The highest BCUT2D eigenvalue weighted by molar-refractivity contribution is 7.89. The summed E-state index contributed by atoms with van der Waals surface area (Å²) in [6.45, 7) is 2.72. The molecular formula is C28H36N4O8S2. The van der Waals surface area contributed by atoms with E-state index in [9.17, 15) is 26.4 Å². The number of sulfonamides is 2. The van der Waals surface area contributed by atoms with E-state index in [4.69, 9.17) is 9.47 Å². The Morgan fingerprint density at radius 3 is 1.19 bits per heavy atom. The lowest BCUT2D eigenvalue weighted by Gasteiger charge is -2.27. The van der Waals surface area contributed by atoms with Gasteiger partial charge in [0.2, 0.25) is 31.9 Å². The van der Waals surface area contributed by atoms with E-state index >= 15 is 0 Å². The van der Waals surface area contributed by atoms with Gasteiger partial charge in [-0.05, 0) is 74.2 Å². The highest BCUT2D eigenvalue weighted by atomic mass is 32.2. The summed E-state index contributed by atoms with van der Waals surface area (Å²) in [5, 5.41) is 5.73. The quantitative estimate of drug-likeness (QED) is 0.456. The molecule has 228 valence electrons. The van der Waals surface area contributed by atoms with Gasteiger partial charge in [-0.1, -0.05) is 0 Å². The number of ether oxygens (including phenoxy) is 2. The van der Waals surface area contributed by atoms with Gasteiger partial charge in [0.25, 0.3) is 0 Å². The second kappa shape index (κ2) is 13.2. The van der Waals surface area contributed by atoms with Gasteiger partial charge in [-0.2, -0.15) is 8.61 Å². The molecule has 0 unspecified atom stereocenters. The minimum atomic E-state index is -3.61. The molecule has 3 aliphatic rings. The van der Waals surface area contributed by atoms with E-state index in [0.717, 1.165) is 0 Å². The summed E-state index contributed by atoms with van der Waals surface area (Å²) in [7, 11) is -7.22. The van der Waals surface area contributed by atoms with E-state index in [0.29, 0.717) is 89.7 Å². The summed E-state index contributed by atoms with van der Waals surface area (Å²) in [4.78, 5) is 26.1. The minimum absolute atomic E-state index is 0.158. The molecule has 2 saturated heterocycles. The summed E-state index contributed by atoms with van der Waals surface area (Å²) < 4.78 is 64.5. The van der Waals surface area contributed by atoms with E-state index in [1.807, 2.05) is 0 Å². The third-order valence-electron chi connectivity index (χ3n) is 7.93. The Labute approximate surface area is 246 Å². The number of morpholine rings is 2. The first-order valence-electron chi connectivity index (χ1n) is 14.1. The van der Waals surface area contributed by atoms with Crippen LogP contribution >= 0.6 is 0 Å². The molecular weight excluding hydrogens is 584 g/mol. The molecule has 3 fully saturated rings. The van der Waals surface area contributed by atoms with Crippen LogP contribution in [0.25, 0.3) is 0 Å². The maximum atomic E-state index is 12.9. The number of hydrogen-bond acceptors (Lipinski definition) is 8. The molecule has 1 aliphatic carbocycles. The zero-order valence-electron chi connectivity index (χ0n) is 23.2. The van der Waals surface area contributed by atoms with E-state index in [2.05, 4.69) is 10.6 Å². The second-order valence-corrected chi connectivity index (χ2v) is 14.5. The van der Waals surface area contributed by atoms with Crippen LogP contribution in [0.4, 0.5) is 11.4 Å². The van der Waals surface area contributed by atoms with Gasteiger partial charge in [-0.25, -0.2) is 16.8 Å². The van der Waals surface area contributed by atoms with Crippen molar-refractivity contribution in [3.63, 3.8) is 0 Å². The molecule has 12 nitrogen and oxygen atoms in total. The second-order valence-electron chi connectivity index (χ2n) is 10.6. The lowest BCUT2D eigenvalue weighted by atomic mass is 9.81. The molecule has 42 heavy (non-hydrogen) atoms. The van der Waals surface area contributed by atoms with Gasteiger partial charge in [0.1, 0.15) is 0 Å². The van der Waals surface area contributed by atoms with Crippen LogP contribution in [0.2, 0.25) is 0 Å². The van der Waals surface area contributed by atoms with Crippen LogP contribution in [-0.2, 0) is 39.1 Å². The third kappa shape index (κ3) is 7.01. The maximum Gasteiger partial charge on any atom is 0.243 e. The van der Waals surface area contributed by atoms with Crippen LogP contribution < -0.4 is 10.6 Å². The lowest BCUT2D eigenvalue weighted by Crippen LogP contribution is -2.40. The van der Waals surface area contributed by atoms with Gasteiger partial charge in [-0.15, -0.1) is 0 Å². The molecule has 2 aromatic rings. The fourth-order valence-corrected chi connectivity index (χ4v) is 8.21. The Bertz CT molecular complexity index is 1350. The summed E-state index contributed by atoms with van der Waals surface area (Å²) in [6.07, 6.45) is 2.18. The maximum absolute atomic E-state index is 12.9. The average Bonchev–Trinajstić information content (AvgIpc) is 3.02. The molecule has 14 heteroatoms. The van der Waals surface area contributed by atoms with Crippen LogP contribution in [0.3, 0.4) is 0 Å². The van der Waals surface area contributed by atoms with Gasteiger partial charge < -0.3 is 20.1 Å². The Kier molecular flexibility index (Phi) is 9.60. The number of carbonyl (C=O) groups excluding carboxylic acids is 2. The highest BCUT2D eigenvalue weighted by Crippen LogP contribution is 2.31. The normalized spacial score (nSPS) is 22.8. The zero-order valence-corrected chi connectivity index (χ0v) is 24.9. The number of anilines is 2. The number of amides is 2. The molecule has 2 amide bonds. The van der Waals surface area contributed by atoms with Gasteiger partial charge in [0, 0.05) is 49.4 Å². The average molecular weight is 621 g/mol. The smallest absolute Gasteiger partial charge is 0.243 e. The van der Waals surface area contributed by atoms with Crippen molar-refractivity contribution >= 4 is 43.2 Å². The van der Waals surface area contributed by atoms with Crippen molar-refractivity contribution in [3.8, 4) is 0 Å². The Balaban J connectivity index is 1.09. The predicted octanol–water partition coefficient (Wildman–Crippen LogP) is 2.11. The molecule has 1 saturated carbocycles. The molecule has 0 radical (unpaired) electrons. The highest BCUT2D eigenvalue weighted by Gasteiger charge is 2.31. The van der Waals surface area contributed by atoms with E-state index < -0.39 is 20.0 Å². The van der Waals surface area contributed by atoms with Crippen LogP contribution in [0, 0.1) is 11.8 Å². The van der Waals surface area contributed by atoms with E-state index in [1.54, 1.807) is 24.3 Å². The van der Waals surface area contributed by atoms with Crippen LogP contribution in [0.15, 0.2) is 58.3 Å². The number of benzene rings is 2. The van der Waals surface area contributed by atoms with Gasteiger partial charge >= 0.3 is 0 Å². The van der Waals surface area contributed by atoms with Crippen molar-refractivity contribution in [1.29, 1.82) is 0 Å². The summed E-state index contributed by atoms with van der Waals surface area (Å²) in [6, 6.07) is 12.3. The van der Waals surface area contributed by atoms with Crippen molar-refractivity contribution in [2.24, 2.45) is 11.8 Å². The molecule has 2 heterocycles. The SMILES string of the molecule is O=C(Nc1ccc(S(=O)(=O)N2CCOCC2)cc1)C1CCC(C(=O)Nc2ccc(S(=O)(=O)N3CCOCC3)cc2)CC1. The molecule has 2 aliphatic heterocycles. The number of nitrogens with zero attached hydrogens (tertiary/aromatic N) is 2. The first-order chi connectivity index (χ1) is 20.1. The molecule has 2 N–H and O–H groups in total. The van der Waals surface area contributed by atoms with Crippen molar-refractivity contribution in [2.45, 2.75) is 35.5 Å². The number of hydrogen-bond donors (Lipinski definition) is 2. The lowest BCUT2D eigenvalue weighted by molar-refractivity contribution is -0.125. The Hall–Kier alpha value is -2.88. The van der Waals surface area contributed by atoms with E-state index in [-0.39, 0.29) is 33.4 Å². The van der Waals surface area contributed by atoms with Gasteiger partial charge in [0.05, 0.1) is 36.2 Å². The van der Waals surface area contributed by atoms with Crippen molar-refractivity contribution in [1.82, 2.24) is 8.61 Å². The number of rotatable bonds is 8. The summed E-state index contributed by atoms with van der Waals surface area (Å²) in [5.41, 5.74) is 1.03. The number of nitrogens with one attached hydrogen (secondary N) is 2. The first kappa shape index (κ1) is 30.6. The first-order valence-corrected chi connectivity index (χ1v) is 17.0.